The van der Waals surface area contributed by atoms with Gasteiger partial charge in [-0.15, -0.1) is 0 Å². The number of anilines is 1. The SMILES string of the molecule is COc1ccc(C(=O)Nc2nc3cc(Cl)ccc3o2)cc1. The fraction of sp³-hybridized carbons (Fsp3) is 0.0667. The highest BCUT2D eigenvalue weighted by atomic mass is 35.5. The Kier molecular flexibility index (Phi) is 3.50. The zero-order chi connectivity index (χ0) is 14.8. The number of benzene rings is 2. The highest BCUT2D eigenvalue weighted by molar-refractivity contribution is 6.31. The van der Waals surface area contributed by atoms with Crippen LogP contribution in [-0.2, 0) is 0 Å². The Morgan fingerprint density at radius 1 is 1.24 bits per heavy atom. The van der Waals surface area contributed by atoms with Crippen molar-refractivity contribution in [1.82, 2.24) is 4.98 Å². The van der Waals surface area contributed by atoms with Gasteiger partial charge in [-0.2, -0.15) is 4.98 Å². The van der Waals surface area contributed by atoms with E-state index in [2.05, 4.69) is 10.3 Å². The zero-order valence-corrected chi connectivity index (χ0v) is 11.8. The van der Waals surface area contributed by atoms with Crippen molar-refractivity contribution in [2.45, 2.75) is 0 Å². The van der Waals surface area contributed by atoms with Gasteiger partial charge in [0.15, 0.2) is 5.58 Å². The minimum Gasteiger partial charge on any atom is -0.497 e. The number of oxazole rings is 1. The van der Waals surface area contributed by atoms with Gasteiger partial charge < -0.3 is 9.15 Å². The lowest BCUT2D eigenvalue weighted by Gasteiger charge is -2.02. The number of carbonyl (C=O) groups excluding carboxylic acids is 1. The van der Waals surface area contributed by atoms with E-state index in [1.165, 1.54) is 0 Å². The molecule has 1 heterocycles. The summed E-state index contributed by atoms with van der Waals surface area (Å²) in [6, 6.07) is 11.9. The molecule has 5 nitrogen and oxygen atoms in total. The maximum atomic E-state index is 12.1. The second-order valence-corrected chi connectivity index (χ2v) is 4.75. The first-order valence-corrected chi connectivity index (χ1v) is 6.55. The lowest BCUT2D eigenvalue weighted by Crippen LogP contribution is -2.11. The summed E-state index contributed by atoms with van der Waals surface area (Å²) >= 11 is 5.88. The second-order valence-electron chi connectivity index (χ2n) is 4.31. The van der Waals surface area contributed by atoms with Crippen molar-refractivity contribution < 1.29 is 13.9 Å². The number of nitrogens with zero attached hydrogens (tertiary/aromatic N) is 1. The summed E-state index contributed by atoms with van der Waals surface area (Å²) in [5.74, 6) is 0.373. The number of nitrogens with one attached hydrogen (secondary N) is 1. The predicted octanol–water partition coefficient (Wildman–Crippen LogP) is 3.74. The fourth-order valence-electron chi connectivity index (χ4n) is 1.87. The topological polar surface area (TPSA) is 64.4 Å². The van der Waals surface area contributed by atoms with Crippen molar-refractivity contribution in [2.24, 2.45) is 0 Å². The van der Waals surface area contributed by atoms with Gasteiger partial charge in [0.2, 0.25) is 0 Å². The van der Waals surface area contributed by atoms with Crippen molar-refractivity contribution in [3.8, 4) is 5.75 Å². The normalized spacial score (nSPS) is 10.6. The molecule has 1 amide bonds. The number of carbonyl (C=O) groups is 1. The molecular weight excluding hydrogens is 292 g/mol. The monoisotopic (exact) mass is 302 g/mol. The molecule has 0 saturated carbocycles. The fourth-order valence-corrected chi connectivity index (χ4v) is 2.03. The summed E-state index contributed by atoms with van der Waals surface area (Å²) in [5.41, 5.74) is 1.63. The van der Waals surface area contributed by atoms with E-state index in [9.17, 15) is 4.79 Å². The van der Waals surface area contributed by atoms with E-state index in [0.29, 0.717) is 27.4 Å². The number of rotatable bonds is 3. The van der Waals surface area contributed by atoms with Crippen LogP contribution >= 0.6 is 11.6 Å². The molecule has 0 aliphatic rings. The first kappa shape index (κ1) is 13.5. The van der Waals surface area contributed by atoms with Gasteiger partial charge in [0.05, 0.1) is 7.11 Å². The van der Waals surface area contributed by atoms with Crippen LogP contribution in [0.2, 0.25) is 5.02 Å². The molecule has 2 aromatic carbocycles. The molecule has 0 fully saturated rings. The summed E-state index contributed by atoms with van der Waals surface area (Å²) < 4.78 is 10.5. The first-order chi connectivity index (χ1) is 10.2. The van der Waals surface area contributed by atoms with Gasteiger partial charge in [0.25, 0.3) is 5.91 Å². The summed E-state index contributed by atoms with van der Waals surface area (Å²) in [7, 11) is 1.57. The lowest BCUT2D eigenvalue weighted by molar-refractivity contribution is 0.102. The van der Waals surface area contributed by atoms with E-state index in [0.717, 1.165) is 0 Å². The largest absolute Gasteiger partial charge is 0.497 e. The Balaban J connectivity index is 1.81. The van der Waals surface area contributed by atoms with E-state index >= 15 is 0 Å². The Morgan fingerprint density at radius 3 is 2.71 bits per heavy atom. The van der Waals surface area contributed by atoms with Gasteiger partial charge in [0, 0.05) is 10.6 Å². The number of hydrogen-bond donors (Lipinski definition) is 1. The summed E-state index contributed by atoms with van der Waals surface area (Å²) in [4.78, 5) is 16.2. The van der Waals surface area contributed by atoms with Crippen LogP contribution in [0, 0.1) is 0 Å². The third-order valence-corrected chi connectivity index (χ3v) is 3.16. The quantitative estimate of drug-likeness (QED) is 0.800. The number of fused-ring (bicyclic) bond motifs is 1. The Bertz CT molecular complexity index is 796. The molecule has 0 aliphatic carbocycles. The Labute approximate surface area is 125 Å². The van der Waals surface area contributed by atoms with Crippen LogP contribution in [-0.4, -0.2) is 18.0 Å². The van der Waals surface area contributed by atoms with Crippen molar-refractivity contribution in [1.29, 1.82) is 0 Å². The summed E-state index contributed by atoms with van der Waals surface area (Å²) in [6.45, 7) is 0. The Hall–Kier alpha value is -2.53. The van der Waals surface area contributed by atoms with Gasteiger partial charge in [-0.05, 0) is 42.5 Å². The number of amides is 1. The second kappa shape index (κ2) is 5.46. The van der Waals surface area contributed by atoms with Crippen molar-refractivity contribution in [3.05, 3.63) is 53.1 Å². The third-order valence-electron chi connectivity index (χ3n) is 2.92. The highest BCUT2D eigenvalue weighted by Gasteiger charge is 2.11. The molecule has 0 atom stereocenters. The molecule has 0 saturated heterocycles. The van der Waals surface area contributed by atoms with E-state index in [1.54, 1.807) is 49.6 Å². The van der Waals surface area contributed by atoms with E-state index < -0.39 is 0 Å². The molecule has 6 heteroatoms. The molecule has 1 aromatic heterocycles. The summed E-state index contributed by atoms with van der Waals surface area (Å²) in [6.07, 6.45) is 0. The molecule has 0 unspecified atom stereocenters. The number of methoxy groups -OCH3 is 1. The van der Waals surface area contributed by atoms with E-state index in [-0.39, 0.29) is 11.9 Å². The predicted molar refractivity (Wildman–Crippen MR) is 80.0 cm³/mol. The smallest absolute Gasteiger partial charge is 0.302 e. The molecule has 21 heavy (non-hydrogen) atoms. The summed E-state index contributed by atoms with van der Waals surface area (Å²) in [5, 5.41) is 3.16. The molecule has 106 valence electrons. The van der Waals surface area contributed by atoms with E-state index in [1.807, 2.05) is 0 Å². The molecule has 3 aromatic rings. The standard InChI is InChI=1S/C15H11ClN2O3/c1-20-11-5-2-9(3-6-11)14(19)18-15-17-12-8-10(16)4-7-13(12)21-15/h2-8H,1H3,(H,17,18,19). The van der Waals surface area contributed by atoms with Gasteiger partial charge in [-0.1, -0.05) is 11.6 Å². The third kappa shape index (κ3) is 2.83. The van der Waals surface area contributed by atoms with Crippen molar-refractivity contribution >= 4 is 34.6 Å². The number of ether oxygens (including phenoxy) is 1. The van der Waals surface area contributed by atoms with Gasteiger partial charge >= 0.3 is 6.01 Å². The number of halogens is 1. The number of hydrogen-bond acceptors (Lipinski definition) is 4. The molecule has 3 rings (SSSR count). The minimum atomic E-state index is -0.310. The van der Waals surface area contributed by atoms with Crippen LogP contribution in [0.1, 0.15) is 10.4 Å². The average molecular weight is 303 g/mol. The maximum Gasteiger partial charge on any atom is 0.302 e. The maximum absolute atomic E-state index is 12.1. The van der Waals surface area contributed by atoms with Gasteiger partial charge in [0.1, 0.15) is 11.3 Å². The lowest BCUT2D eigenvalue weighted by atomic mass is 10.2. The molecule has 0 bridgehead atoms. The van der Waals surface area contributed by atoms with Crippen LogP contribution in [0.5, 0.6) is 5.75 Å². The van der Waals surface area contributed by atoms with Crippen LogP contribution in [0.15, 0.2) is 46.9 Å². The van der Waals surface area contributed by atoms with Crippen LogP contribution in [0.25, 0.3) is 11.1 Å². The van der Waals surface area contributed by atoms with Crippen LogP contribution in [0.3, 0.4) is 0 Å². The van der Waals surface area contributed by atoms with Gasteiger partial charge in [-0.25, -0.2) is 0 Å². The molecule has 0 aliphatic heterocycles. The molecule has 1 N–H and O–H groups in total. The van der Waals surface area contributed by atoms with E-state index in [4.69, 9.17) is 20.8 Å². The van der Waals surface area contributed by atoms with Crippen molar-refractivity contribution in [2.75, 3.05) is 12.4 Å². The Morgan fingerprint density at radius 2 is 2.00 bits per heavy atom. The van der Waals surface area contributed by atoms with Gasteiger partial charge in [-0.3, -0.25) is 10.1 Å². The minimum absolute atomic E-state index is 0.132. The number of aromatic nitrogens is 1. The van der Waals surface area contributed by atoms with Crippen molar-refractivity contribution in [3.63, 3.8) is 0 Å². The van der Waals surface area contributed by atoms with Crippen LogP contribution < -0.4 is 10.1 Å². The molecule has 0 spiro atoms. The average Bonchev–Trinajstić information content (AvgIpc) is 2.88. The zero-order valence-electron chi connectivity index (χ0n) is 11.1. The molecule has 0 radical (unpaired) electrons. The first-order valence-electron chi connectivity index (χ1n) is 6.17. The highest BCUT2D eigenvalue weighted by Crippen LogP contribution is 2.22. The van der Waals surface area contributed by atoms with Crippen LogP contribution in [0.4, 0.5) is 6.01 Å². The molecular formula is C15H11ClN2O3.